The van der Waals surface area contributed by atoms with Crippen LogP contribution in [0.2, 0.25) is 5.02 Å². The van der Waals surface area contributed by atoms with Gasteiger partial charge in [0.2, 0.25) is 0 Å². The lowest BCUT2D eigenvalue weighted by Crippen LogP contribution is -2.22. The molecule has 1 amide bonds. The van der Waals surface area contributed by atoms with Gasteiger partial charge in [-0.05, 0) is 42.5 Å². The molecule has 8 nitrogen and oxygen atoms in total. The van der Waals surface area contributed by atoms with Gasteiger partial charge in [0, 0.05) is 5.02 Å². The van der Waals surface area contributed by atoms with Crippen LogP contribution in [-0.4, -0.2) is 44.6 Å². The molecule has 0 spiro atoms. The van der Waals surface area contributed by atoms with Crippen LogP contribution in [0.25, 0.3) is 0 Å². The molecule has 0 aliphatic rings. The normalized spacial score (nSPS) is 9.96. The van der Waals surface area contributed by atoms with Gasteiger partial charge in [-0.15, -0.1) is 0 Å². The first-order valence-corrected chi connectivity index (χ1v) is 8.26. The summed E-state index contributed by atoms with van der Waals surface area (Å²) in [5.41, 5.74) is 0.374. The van der Waals surface area contributed by atoms with Crippen molar-refractivity contribution in [3.8, 4) is 0 Å². The second kappa shape index (κ2) is 9.52. The Hall–Kier alpha value is -3.39. The maximum Gasteiger partial charge on any atom is 0.339 e. The van der Waals surface area contributed by atoms with Crippen molar-refractivity contribution in [2.75, 3.05) is 26.1 Å². The first-order valence-electron chi connectivity index (χ1n) is 7.89. The SMILES string of the molecule is COC(=O)c1ccc(C(=O)OC)c(NC(=O)COC(=O)c2ccc(Cl)cc2)c1. The Morgan fingerprint density at radius 1 is 0.857 bits per heavy atom. The van der Waals surface area contributed by atoms with Crippen LogP contribution in [0, 0.1) is 0 Å². The molecule has 0 bridgehead atoms. The van der Waals surface area contributed by atoms with Crippen LogP contribution in [-0.2, 0) is 19.0 Å². The minimum Gasteiger partial charge on any atom is -0.465 e. The molecule has 2 aromatic rings. The highest BCUT2D eigenvalue weighted by atomic mass is 35.5. The quantitative estimate of drug-likeness (QED) is 0.581. The number of amides is 1. The van der Waals surface area contributed by atoms with Gasteiger partial charge in [-0.1, -0.05) is 11.6 Å². The van der Waals surface area contributed by atoms with E-state index >= 15 is 0 Å². The summed E-state index contributed by atoms with van der Waals surface area (Å²) in [5, 5.41) is 2.87. The van der Waals surface area contributed by atoms with E-state index in [1.807, 2.05) is 0 Å². The topological polar surface area (TPSA) is 108 Å². The van der Waals surface area contributed by atoms with Crippen LogP contribution in [0.1, 0.15) is 31.1 Å². The molecule has 146 valence electrons. The molecule has 1 N–H and O–H groups in total. The number of carbonyl (C=O) groups is 4. The first kappa shape index (κ1) is 20.9. The van der Waals surface area contributed by atoms with E-state index in [-0.39, 0.29) is 22.4 Å². The number of carbonyl (C=O) groups excluding carboxylic acids is 4. The van der Waals surface area contributed by atoms with Crippen LogP contribution in [0.5, 0.6) is 0 Å². The number of hydrogen-bond acceptors (Lipinski definition) is 7. The highest BCUT2D eigenvalue weighted by Crippen LogP contribution is 2.20. The minimum absolute atomic E-state index is 0.0160. The van der Waals surface area contributed by atoms with Crippen molar-refractivity contribution in [1.29, 1.82) is 0 Å². The van der Waals surface area contributed by atoms with Gasteiger partial charge in [0.15, 0.2) is 6.61 Å². The number of esters is 3. The number of halogens is 1. The van der Waals surface area contributed by atoms with E-state index in [0.29, 0.717) is 5.02 Å². The molecule has 0 aliphatic heterocycles. The number of methoxy groups -OCH3 is 2. The van der Waals surface area contributed by atoms with Gasteiger partial charge in [-0.3, -0.25) is 4.79 Å². The molecule has 0 aliphatic carbocycles. The van der Waals surface area contributed by atoms with Crippen LogP contribution in [0.15, 0.2) is 42.5 Å². The average molecular weight is 406 g/mol. The van der Waals surface area contributed by atoms with Crippen molar-refractivity contribution in [2.24, 2.45) is 0 Å². The van der Waals surface area contributed by atoms with Gasteiger partial charge in [-0.25, -0.2) is 14.4 Å². The highest BCUT2D eigenvalue weighted by Gasteiger charge is 2.18. The molecule has 9 heteroatoms. The Balaban J connectivity index is 2.10. The number of hydrogen-bond donors (Lipinski definition) is 1. The van der Waals surface area contributed by atoms with Crippen LogP contribution >= 0.6 is 11.6 Å². The zero-order valence-electron chi connectivity index (χ0n) is 15.0. The molecule has 0 atom stereocenters. The largest absolute Gasteiger partial charge is 0.465 e. The summed E-state index contributed by atoms with van der Waals surface area (Å²) in [7, 11) is 2.38. The lowest BCUT2D eigenvalue weighted by molar-refractivity contribution is -0.119. The zero-order valence-corrected chi connectivity index (χ0v) is 15.7. The monoisotopic (exact) mass is 405 g/mol. The van der Waals surface area contributed by atoms with E-state index in [4.69, 9.17) is 16.3 Å². The molecule has 2 aromatic carbocycles. The number of anilines is 1. The van der Waals surface area contributed by atoms with Crippen LogP contribution in [0.3, 0.4) is 0 Å². The summed E-state index contributed by atoms with van der Waals surface area (Å²) < 4.78 is 14.2. The Kier molecular flexibility index (Phi) is 7.11. The summed E-state index contributed by atoms with van der Waals surface area (Å²) in [6.45, 7) is -0.607. The van der Waals surface area contributed by atoms with Crippen molar-refractivity contribution in [2.45, 2.75) is 0 Å². The fourth-order valence-corrected chi connectivity index (χ4v) is 2.29. The average Bonchev–Trinajstić information content (AvgIpc) is 2.71. The van der Waals surface area contributed by atoms with Crippen molar-refractivity contribution in [3.05, 3.63) is 64.2 Å². The zero-order chi connectivity index (χ0) is 20.7. The third-order valence-corrected chi connectivity index (χ3v) is 3.79. The standard InChI is InChI=1S/C19H16ClNO7/c1-26-17(23)12-5-8-14(19(25)27-2)15(9-12)21-16(22)10-28-18(24)11-3-6-13(20)7-4-11/h3-9H,10H2,1-2H3,(H,21,22). The maximum absolute atomic E-state index is 12.1. The summed E-state index contributed by atoms with van der Waals surface area (Å²) in [4.78, 5) is 47.6. The van der Waals surface area contributed by atoms with Crippen molar-refractivity contribution in [3.63, 3.8) is 0 Å². The van der Waals surface area contributed by atoms with E-state index in [1.165, 1.54) is 56.7 Å². The fraction of sp³-hybridized carbons (Fsp3) is 0.158. The van der Waals surface area contributed by atoms with Gasteiger partial charge in [0.1, 0.15) is 0 Å². The van der Waals surface area contributed by atoms with Gasteiger partial charge in [0.25, 0.3) is 5.91 Å². The van der Waals surface area contributed by atoms with Crippen LogP contribution < -0.4 is 5.32 Å². The molecule has 28 heavy (non-hydrogen) atoms. The van der Waals surface area contributed by atoms with E-state index in [1.54, 1.807) is 0 Å². The predicted octanol–water partition coefficient (Wildman–Crippen LogP) is 2.71. The predicted molar refractivity (Wildman–Crippen MR) is 99.5 cm³/mol. The lowest BCUT2D eigenvalue weighted by atomic mass is 10.1. The van der Waals surface area contributed by atoms with Crippen molar-refractivity contribution < 1.29 is 33.4 Å². The van der Waals surface area contributed by atoms with E-state index < -0.39 is 30.4 Å². The second-order valence-corrected chi connectivity index (χ2v) is 5.81. The highest BCUT2D eigenvalue weighted by molar-refractivity contribution is 6.30. The Morgan fingerprint density at radius 2 is 1.46 bits per heavy atom. The summed E-state index contributed by atoms with van der Waals surface area (Å²) >= 11 is 5.75. The molecule has 0 aromatic heterocycles. The third-order valence-electron chi connectivity index (χ3n) is 3.53. The first-order chi connectivity index (χ1) is 13.3. The number of rotatable bonds is 6. The fourth-order valence-electron chi connectivity index (χ4n) is 2.17. The van der Waals surface area contributed by atoms with Crippen molar-refractivity contribution >= 4 is 41.1 Å². The van der Waals surface area contributed by atoms with E-state index in [9.17, 15) is 19.2 Å². The molecule has 0 radical (unpaired) electrons. The Morgan fingerprint density at radius 3 is 2.07 bits per heavy atom. The maximum atomic E-state index is 12.1. The summed E-state index contributed by atoms with van der Waals surface area (Å²) in [6, 6.07) is 9.87. The molecule has 0 heterocycles. The summed E-state index contributed by atoms with van der Waals surface area (Å²) in [6.07, 6.45) is 0. The van der Waals surface area contributed by atoms with Gasteiger partial charge in [0.05, 0.1) is 36.6 Å². The van der Waals surface area contributed by atoms with Gasteiger partial charge < -0.3 is 19.5 Å². The molecule has 0 saturated heterocycles. The smallest absolute Gasteiger partial charge is 0.339 e. The second-order valence-electron chi connectivity index (χ2n) is 5.37. The van der Waals surface area contributed by atoms with E-state index in [0.717, 1.165) is 0 Å². The Bertz CT molecular complexity index is 909. The molecule has 2 rings (SSSR count). The van der Waals surface area contributed by atoms with Crippen LogP contribution in [0.4, 0.5) is 5.69 Å². The molecular weight excluding hydrogens is 390 g/mol. The minimum atomic E-state index is -0.719. The third kappa shape index (κ3) is 5.31. The lowest BCUT2D eigenvalue weighted by Gasteiger charge is -2.11. The van der Waals surface area contributed by atoms with Gasteiger partial charge >= 0.3 is 17.9 Å². The number of ether oxygens (including phenoxy) is 3. The van der Waals surface area contributed by atoms with Gasteiger partial charge in [-0.2, -0.15) is 0 Å². The van der Waals surface area contributed by atoms with E-state index in [2.05, 4.69) is 14.8 Å². The molecule has 0 saturated carbocycles. The molecule has 0 unspecified atom stereocenters. The summed E-state index contributed by atoms with van der Waals surface area (Å²) in [5.74, 6) is -2.80. The Labute approximate surface area is 165 Å². The molecule has 0 fully saturated rings. The molecular formula is C19H16ClNO7. The number of nitrogens with one attached hydrogen (secondary N) is 1. The number of benzene rings is 2. The van der Waals surface area contributed by atoms with Crippen molar-refractivity contribution in [1.82, 2.24) is 0 Å².